The lowest BCUT2D eigenvalue weighted by molar-refractivity contribution is -0.121. The standard InChI is InChI=1S/C19H17BrN2OS/c1-3-13-7-9-16(10-8-13)21-19-22(2)18(23)17(24-19)12-14-5-4-6-15(20)11-14/h4-12H,3H2,1-2H3/b17-12+,21-19?. The predicted octanol–water partition coefficient (Wildman–Crippen LogP) is 5.25. The highest BCUT2D eigenvalue weighted by atomic mass is 79.9. The van der Waals surface area contributed by atoms with Gasteiger partial charge in [0.1, 0.15) is 0 Å². The lowest BCUT2D eigenvalue weighted by atomic mass is 10.2. The van der Waals surface area contributed by atoms with Gasteiger partial charge in [-0.25, -0.2) is 4.99 Å². The van der Waals surface area contributed by atoms with Crippen molar-refractivity contribution >= 4 is 50.5 Å². The average Bonchev–Trinajstić information content (AvgIpc) is 2.84. The van der Waals surface area contributed by atoms with E-state index in [4.69, 9.17) is 0 Å². The summed E-state index contributed by atoms with van der Waals surface area (Å²) < 4.78 is 0.991. The Balaban J connectivity index is 1.86. The third-order valence-electron chi connectivity index (χ3n) is 3.72. The second-order valence-electron chi connectivity index (χ2n) is 5.44. The van der Waals surface area contributed by atoms with E-state index in [1.54, 1.807) is 11.9 Å². The van der Waals surface area contributed by atoms with Crippen LogP contribution < -0.4 is 0 Å². The van der Waals surface area contributed by atoms with Gasteiger partial charge in [-0.15, -0.1) is 0 Å². The zero-order chi connectivity index (χ0) is 17.1. The lowest BCUT2D eigenvalue weighted by Crippen LogP contribution is -2.23. The van der Waals surface area contributed by atoms with Crippen LogP contribution in [0.25, 0.3) is 6.08 Å². The second-order valence-corrected chi connectivity index (χ2v) is 7.37. The van der Waals surface area contributed by atoms with E-state index < -0.39 is 0 Å². The minimum Gasteiger partial charge on any atom is -0.290 e. The molecule has 0 N–H and O–H groups in total. The number of thioether (sulfide) groups is 1. The molecular formula is C19H17BrN2OS. The van der Waals surface area contributed by atoms with Crippen molar-refractivity contribution in [2.24, 2.45) is 4.99 Å². The molecule has 1 saturated heterocycles. The van der Waals surface area contributed by atoms with Gasteiger partial charge < -0.3 is 0 Å². The van der Waals surface area contributed by atoms with Crippen molar-refractivity contribution in [3.05, 3.63) is 69.0 Å². The van der Waals surface area contributed by atoms with Gasteiger partial charge in [0.15, 0.2) is 5.17 Å². The Labute approximate surface area is 154 Å². The summed E-state index contributed by atoms with van der Waals surface area (Å²) in [6, 6.07) is 16.0. The maximum atomic E-state index is 12.4. The third kappa shape index (κ3) is 3.79. The van der Waals surface area contributed by atoms with Crippen LogP contribution in [-0.4, -0.2) is 23.0 Å². The molecule has 3 rings (SSSR count). The van der Waals surface area contributed by atoms with Crippen LogP contribution in [0.4, 0.5) is 5.69 Å². The molecule has 1 heterocycles. The number of hydrogen-bond donors (Lipinski definition) is 0. The van der Waals surface area contributed by atoms with Gasteiger partial charge in [0.05, 0.1) is 10.6 Å². The largest absolute Gasteiger partial charge is 0.290 e. The van der Waals surface area contributed by atoms with Crippen molar-refractivity contribution < 1.29 is 4.79 Å². The summed E-state index contributed by atoms with van der Waals surface area (Å²) in [7, 11) is 1.76. The van der Waals surface area contributed by atoms with Crippen molar-refractivity contribution in [3.8, 4) is 0 Å². The number of aliphatic imine (C=N–C) groups is 1. The molecule has 1 amide bonds. The van der Waals surface area contributed by atoms with Crippen LogP contribution in [0, 0.1) is 0 Å². The lowest BCUT2D eigenvalue weighted by Gasteiger charge is -2.07. The van der Waals surface area contributed by atoms with Gasteiger partial charge >= 0.3 is 0 Å². The van der Waals surface area contributed by atoms with Crippen LogP contribution >= 0.6 is 27.7 Å². The van der Waals surface area contributed by atoms with Gasteiger partial charge in [-0.3, -0.25) is 9.69 Å². The Bertz CT molecular complexity index is 828. The van der Waals surface area contributed by atoms with Gasteiger partial charge in [-0.2, -0.15) is 0 Å². The van der Waals surface area contributed by atoms with Crippen molar-refractivity contribution in [1.82, 2.24) is 4.90 Å². The van der Waals surface area contributed by atoms with Crippen molar-refractivity contribution in [2.75, 3.05) is 7.05 Å². The average molecular weight is 401 g/mol. The molecule has 5 heteroatoms. The highest BCUT2D eigenvalue weighted by molar-refractivity contribution is 9.10. The highest BCUT2D eigenvalue weighted by Crippen LogP contribution is 2.33. The molecule has 1 fully saturated rings. The normalized spacial score (nSPS) is 18.0. The van der Waals surface area contributed by atoms with E-state index in [1.165, 1.54) is 17.3 Å². The van der Waals surface area contributed by atoms with Crippen molar-refractivity contribution in [3.63, 3.8) is 0 Å². The van der Waals surface area contributed by atoms with Crippen LogP contribution in [0.2, 0.25) is 0 Å². The number of halogens is 1. The molecule has 0 aromatic heterocycles. The fraction of sp³-hybridized carbons (Fsp3) is 0.158. The summed E-state index contributed by atoms with van der Waals surface area (Å²) in [6.45, 7) is 2.12. The minimum atomic E-state index is -0.0242. The number of rotatable bonds is 3. The molecule has 1 aliphatic heterocycles. The zero-order valence-corrected chi connectivity index (χ0v) is 15.9. The number of hydrogen-bond acceptors (Lipinski definition) is 3. The van der Waals surface area contributed by atoms with Crippen LogP contribution in [0.3, 0.4) is 0 Å². The smallest absolute Gasteiger partial charge is 0.266 e. The monoisotopic (exact) mass is 400 g/mol. The molecule has 122 valence electrons. The molecule has 0 aliphatic carbocycles. The Kier molecular flexibility index (Phi) is 5.21. The highest BCUT2D eigenvalue weighted by Gasteiger charge is 2.30. The van der Waals surface area contributed by atoms with Gasteiger partial charge in [0.2, 0.25) is 0 Å². The maximum absolute atomic E-state index is 12.4. The maximum Gasteiger partial charge on any atom is 0.266 e. The first-order valence-electron chi connectivity index (χ1n) is 7.67. The Morgan fingerprint density at radius 2 is 1.96 bits per heavy atom. The number of carbonyl (C=O) groups excluding carboxylic acids is 1. The first-order chi connectivity index (χ1) is 11.6. The molecule has 3 nitrogen and oxygen atoms in total. The third-order valence-corrected chi connectivity index (χ3v) is 5.27. The molecule has 0 unspecified atom stereocenters. The summed E-state index contributed by atoms with van der Waals surface area (Å²) in [5.41, 5.74) is 3.12. The SMILES string of the molecule is CCc1ccc(N=C2S/C(=C/c3cccc(Br)c3)C(=O)N2C)cc1. The molecule has 2 aromatic carbocycles. The van der Waals surface area contributed by atoms with Gasteiger partial charge in [0.25, 0.3) is 5.91 Å². The van der Waals surface area contributed by atoms with E-state index in [1.807, 2.05) is 42.5 Å². The van der Waals surface area contributed by atoms with E-state index in [9.17, 15) is 4.79 Å². The van der Waals surface area contributed by atoms with Crippen molar-refractivity contribution in [1.29, 1.82) is 0 Å². The molecule has 0 bridgehead atoms. The molecule has 0 radical (unpaired) electrons. The first kappa shape index (κ1) is 17.0. The first-order valence-corrected chi connectivity index (χ1v) is 9.28. The number of carbonyl (C=O) groups is 1. The van der Waals surface area contributed by atoms with Crippen LogP contribution in [0.15, 0.2) is 62.9 Å². The fourth-order valence-electron chi connectivity index (χ4n) is 2.32. The molecule has 24 heavy (non-hydrogen) atoms. The molecular weight excluding hydrogens is 384 g/mol. The number of benzene rings is 2. The van der Waals surface area contributed by atoms with E-state index in [0.717, 1.165) is 22.1 Å². The number of amides is 1. The Morgan fingerprint density at radius 3 is 2.62 bits per heavy atom. The van der Waals surface area contributed by atoms with Gasteiger partial charge in [0, 0.05) is 11.5 Å². The van der Waals surface area contributed by atoms with E-state index in [0.29, 0.717) is 10.1 Å². The van der Waals surface area contributed by atoms with Crippen LogP contribution in [-0.2, 0) is 11.2 Å². The van der Waals surface area contributed by atoms with Gasteiger partial charge in [-0.1, -0.05) is 47.1 Å². The number of aryl methyl sites for hydroxylation is 1. The van der Waals surface area contributed by atoms with Crippen LogP contribution in [0.1, 0.15) is 18.1 Å². The molecule has 0 spiro atoms. The number of nitrogens with zero attached hydrogens (tertiary/aromatic N) is 2. The topological polar surface area (TPSA) is 32.7 Å². The summed E-state index contributed by atoms with van der Waals surface area (Å²) in [5.74, 6) is -0.0242. The molecule has 1 aliphatic rings. The number of amidine groups is 1. The van der Waals surface area contributed by atoms with E-state index >= 15 is 0 Å². The van der Waals surface area contributed by atoms with Crippen LogP contribution in [0.5, 0.6) is 0 Å². The quantitative estimate of drug-likeness (QED) is 0.659. The summed E-state index contributed by atoms with van der Waals surface area (Å²) in [4.78, 5) is 19.3. The van der Waals surface area contributed by atoms with E-state index in [-0.39, 0.29) is 5.91 Å². The summed E-state index contributed by atoms with van der Waals surface area (Å²) in [6.07, 6.45) is 2.90. The van der Waals surface area contributed by atoms with Crippen molar-refractivity contribution in [2.45, 2.75) is 13.3 Å². The Hall–Kier alpha value is -1.85. The second kappa shape index (κ2) is 7.36. The number of likely N-dealkylation sites (N-methyl/N-ethyl adjacent to an activating group) is 1. The summed E-state index contributed by atoms with van der Waals surface area (Å²) >= 11 is 4.86. The Morgan fingerprint density at radius 1 is 1.21 bits per heavy atom. The molecule has 0 atom stereocenters. The molecule has 2 aromatic rings. The van der Waals surface area contributed by atoms with Gasteiger partial charge in [-0.05, 0) is 59.7 Å². The fourth-order valence-corrected chi connectivity index (χ4v) is 3.72. The van der Waals surface area contributed by atoms with E-state index in [2.05, 4.69) is 40.0 Å². The predicted molar refractivity (Wildman–Crippen MR) is 105 cm³/mol. The zero-order valence-electron chi connectivity index (χ0n) is 13.5. The minimum absolute atomic E-state index is 0.0242. The molecule has 0 saturated carbocycles. The summed E-state index contributed by atoms with van der Waals surface area (Å²) in [5, 5.41) is 0.700.